The molecule has 2 heteroatoms. The van der Waals surface area contributed by atoms with Gasteiger partial charge in [-0.2, -0.15) is 0 Å². The predicted octanol–water partition coefficient (Wildman–Crippen LogP) is 13.4. The maximum Gasteiger partial charge on any atom is 0.106 e. The average Bonchev–Trinajstić information content (AvgIpc) is 2.97. The molecule has 0 saturated heterocycles. The number of rotatable bonds is 34. The molecule has 0 bridgehead atoms. The second-order valence-electron chi connectivity index (χ2n) is 14.0. The summed E-state index contributed by atoms with van der Waals surface area (Å²) in [5, 5.41) is 0. The molecule has 0 amide bonds. The van der Waals surface area contributed by atoms with Crippen LogP contribution in [0, 0.1) is 0 Å². The van der Waals surface area contributed by atoms with E-state index in [-0.39, 0.29) is 0 Å². The number of hydrogen-bond donors (Lipinski definition) is 0. The molecule has 0 aliphatic rings. The minimum absolute atomic E-state index is 1.25. The van der Waals surface area contributed by atoms with Crippen LogP contribution < -0.4 is 0 Å². The smallest absolute Gasteiger partial charge is 0.106 e. The Labute approximate surface area is 262 Å². The average molecular weight is 581 g/mol. The zero-order valence-electron chi connectivity index (χ0n) is 29.6. The van der Waals surface area contributed by atoms with Crippen LogP contribution in [-0.2, 0) is 4.79 Å². The van der Waals surface area contributed by atoms with E-state index in [9.17, 15) is 0 Å². The molecule has 0 aromatic rings. The molecule has 2 nitrogen and oxygen atoms in total. The number of carbonyl (C=O) groups excluding carboxylic acids is 1. The van der Waals surface area contributed by atoms with Gasteiger partial charge in [0.25, 0.3) is 0 Å². The predicted molar refractivity (Wildman–Crippen MR) is 188 cm³/mol. The Kier molecular flexibility index (Phi) is 39.3. The third-order valence-electron chi connectivity index (χ3n) is 9.23. The molecule has 0 fully saturated rings. The molecule has 0 spiro atoms. The van der Waals surface area contributed by atoms with Gasteiger partial charge in [-0.3, -0.25) is 0 Å². The van der Waals surface area contributed by atoms with Crippen molar-refractivity contribution in [1.29, 1.82) is 0 Å². The molecular weight excluding hydrogens is 498 g/mol. The van der Waals surface area contributed by atoms with E-state index in [4.69, 9.17) is 4.79 Å². The van der Waals surface area contributed by atoms with Crippen molar-refractivity contribution in [2.24, 2.45) is 0 Å². The van der Waals surface area contributed by atoms with E-state index < -0.39 is 0 Å². The van der Waals surface area contributed by atoms with Crippen LogP contribution >= 0.6 is 0 Å². The first-order valence-electron chi connectivity index (χ1n) is 19.2. The van der Waals surface area contributed by atoms with Crippen LogP contribution in [0.4, 0.5) is 0 Å². The van der Waals surface area contributed by atoms with Crippen molar-refractivity contribution >= 4 is 6.79 Å². The quantitative estimate of drug-likeness (QED) is 0.0546. The third kappa shape index (κ3) is 39.6. The molecule has 41 heavy (non-hydrogen) atoms. The van der Waals surface area contributed by atoms with Gasteiger partial charge in [0.15, 0.2) is 0 Å². The molecule has 0 heterocycles. The molecule has 0 aliphatic heterocycles. The molecule has 0 aromatic heterocycles. The zero-order valence-corrected chi connectivity index (χ0v) is 29.6. The molecule has 0 unspecified atom stereocenters. The van der Waals surface area contributed by atoms with Gasteiger partial charge in [-0.1, -0.05) is 194 Å². The van der Waals surface area contributed by atoms with Crippen molar-refractivity contribution in [1.82, 2.24) is 0 Å². The van der Waals surface area contributed by atoms with E-state index in [0.717, 1.165) is 0 Å². The van der Waals surface area contributed by atoms with Crippen molar-refractivity contribution in [3.8, 4) is 0 Å². The molecule has 0 atom stereocenters. The third-order valence-corrected chi connectivity index (χ3v) is 9.23. The Morgan fingerprint density at radius 3 is 0.610 bits per heavy atom. The number of unbranched alkanes of at least 4 members (excludes halogenated alkanes) is 30. The summed E-state index contributed by atoms with van der Waals surface area (Å²) in [5.74, 6) is 0. The van der Waals surface area contributed by atoms with E-state index in [2.05, 4.69) is 27.9 Å². The molecular formula is C39H82NO+. The summed E-state index contributed by atoms with van der Waals surface area (Å²) in [7, 11) is 4.94. The SMILES string of the molecule is C=O.CCCCCCCCCCCCCCCCCC[N+](C)(C)CCCCCCCCCCCCCCCCCC. The molecule has 0 radical (unpaired) electrons. The molecule has 0 rings (SSSR count). The van der Waals surface area contributed by atoms with Crippen molar-refractivity contribution < 1.29 is 9.28 Å². The van der Waals surface area contributed by atoms with Crippen molar-refractivity contribution in [3.05, 3.63) is 0 Å². The van der Waals surface area contributed by atoms with Crippen LogP contribution in [-0.4, -0.2) is 38.5 Å². The number of nitrogens with zero attached hydrogens (tertiary/aromatic N) is 1. The van der Waals surface area contributed by atoms with Gasteiger partial charge in [-0.05, 0) is 25.7 Å². The fourth-order valence-electron chi connectivity index (χ4n) is 6.29. The highest BCUT2D eigenvalue weighted by atomic mass is 16.1. The van der Waals surface area contributed by atoms with Gasteiger partial charge >= 0.3 is 0 Å². The molecule has 0 N–H and O–H groups in total. The lowest BCUT2D eigenvalue weighted by Gasteiger charge is -2.30. The first kappa shape index (κ1) is 42.8. The van der Waals surface area contributed by atoms with Gasteiger partial charge in [0, 0.05) is 0 Å². The molecule has 0 saturated carbocycles. The van der Waals surface area contributed by atoms with Crippen LogP contribution in [0.5, 0.6) is 0 Å². The monoisotopic (exact) mass is 581 g/mol. The van der Waals surface area contributed by atoms with E-state index in [1.54, 1.807) is 0 Å². The fourth-order valence-corrected chi connectivity index (χ4v) is 6.29. The van der Waals surface area contributed by atoms with Crippen LogP contribution in [0.15, 0.2) is 0 Å². The minimum Gasteiger partial charge on any atom is -0.328 e. The molecule has 248 valence electrons. The standard InChI is InChI=1S/C38H80N.CH2O/c1-5-7-9-11-13-15-17-19-21-23-25-27-29-31-33-35-37-39(3,4)38-36-34-32-30-28-26-24-22-20-18-16-14-12-10-8-6-2;1-2/h5-38H2,1-4H3;1H2/q+1;. The highest BCUT2D eigenvalue weighted by Crippen LogP contribution is 2.16. The molecule has 0 aliphatic carbocycles. The van der Waals surface area contributed by atoms with E-state index >= 15 is 0 Å². The van der Waals surface area contributed by atoms with Crippen LogP contribution in [0.3, 0.4) is 0 Å². The van der Waals surface area contributed by atoms with Gasteiger partial charge < -0.3 is 9.28 Å². The van der Waals surface area contributed by atoms with Gasteiger partial charge in [0.05, 0.1) is 27.2 Å². The summed E-state index contributed by atoms with van der Waals surface area (Å²) in [6.07, 6.45) is 46.9. The Balaban J connectivity index is 0. The summed E-state index contributed by atoms with van der Waals surface area (Å²) >= 11 is 0. The van der Waals surface area contributed by atoms with Gasteiger partial charge in [-0.15, -0.1) is 0 Å². The second kappa shape index (κ2) is 37.7. The first-order chi connectivity index (χ1) is 20.1. The van der Waals surface area contributed by atoms with E-state index in [0.29, 0.717) is 0 Å². The van der Waals surface area contributed by atoms with Crippen molar-refractivity contribution in [3.63, 3.8) is 0 Å². The summed E-state index contributed by atoms with van der Waals surface area (Å²) in [6, 6.07) is 0. The lowest BCUT2D eigenvalue weighted by atomic mass is 10.0. The Morgan fingerprint density at radius 1 is 0.293 bits per heavy atom. The van der Waals surface area contributed by atoms with Crippen molar-refractivity contribution in [2.45, 2.75) is 219 Å². The normalized spacial score (nSPS) is 11.5. The maximum absolute atomic E-state index is 8.00. The molecule has 0 aromatic carbocycles. The summed E-state index contributed by atoms with van der Waals surface area (Å²) in [4.78, 5) is 8.00. The Hall–Kier alpha value is -0.370. The zero-order chi connectivity index (χ0) is 30.5. The van der Waals surface area contributed by atoms with Crippen LogP contribution in [0.1, 0.15) is 219 Å². The number of quaternary nitrogens is 1. The summed E-state index contributed by atoms with van der Waals surface area (Å²) < 4.78 is 1.25. The van der Waals surface area contributed by atoms with Gasteiger partial charge in [-0.25, -0.2) is 0 Å². The van der Waals surface area contributed by atoms with Crippen LogP contribution in [0.2, 0.25) is 0 Å². The topological polar surface area (TPSA) is 17.1 Å². The maximum atomic E-state index is 8.00. The van der Waals surface area contributed by atoms with Gasteiger partial charge in [0.1, 0.15) is 6.79 Å². The Bertz CT molecular complexity index is 411. The first-order valence-corrected chi connectivity index (χ1v) is 19.2. The lowest BCUT2D eigenvalue weighted by molar-refractivity contribution is -0.890. The summed E-state index contributed by atoms with van der Waals surface area (Å²) in [6.45, 7) is 9.39. The number of carbonyl (C=O) groups is 1. The number of hydrogen-bond acceptors (Lipinski definition) is 1. The van der Waals surface area contributed by atoms with Crippen molar-refractivity contribution in [2.75, 3.05) is 27.2 Å². The Morgan fingerprint density at radius 2 is 0.439 bits per heavy atom. The summed E-state index contributed by atoms with van der Waals surface area (Å²) in [5.41, 5.74) is 0. The second-order valence-corrected chi connectivity index (χ2v) is 14.0. The van der Waals surface area contributed by atoms with E-state index in [1.165, 1.54) is 223 Å². The highest BCUT2D eigenvalue weighted by Gasteiger charge is 2.13. The highest BCUT2D eigenvalue weighted by molar-refractivity contribution is 5.11. The minimum atomic E-state index is 1.25. The van der Waals surface area contributed by atoms with Gasteiger partial charge in [0.2, 0.25) is 0 Å². The van der Waals surface area contributed by atoms with Crippen LogP contribution in [0.25, 0.3) is 0 Å². The fraction of sp³-hybridized carbons (Fsp3) is 0.974. The largest absolute Gasteiger partial charge is 0.328 e. The lowest BCUT2D eigenvalue weighted by Crippen LogP contribution is -2.41. The van der Waals surface area contributed by atoms with E-state index in [1.807, 2.05) is 6.79 Å².